The number of hydrogen-bond donors (Lipinski definition) is 0. The van der Waals surface area contributed by atoms with Gasteiger partial charge in [0.15, 0.2) is 5.16 Å². The van der Waals surface area contributed by atoms with Crippen LogP contribution in [0.4, 0.5) is 0 Å². The van der Waals surface area contributed by atoms with E-state index in [4.69, 9.17) is 0 Å². The van der Waals surface area contributed by atoms with Crippen molar-refractivity contribution >= 4 is 44.7 Å². The van der Waals surface area contributed by atoms with Gasteiger partial charge in [0.1, 0.15) is 4.83 Å². The quantitative estimate of drug-likeness (QED) is 0.370. The predicted molar refractivity (Wildman–Crippen MR) is 98.3 cm³/mol. The molecule has 0 unspecified atom stereocenters. The molecule has 3 rings (SSSR count). The highest BCUT2D eigenvalue weighted by atomic mass is 32.2. The minimum Gasteiger partial charge on any atom is -0.283 e. The molecule has 0 aliphatic heterocycles. The third-order valence-electron chi connectivity index (χ3n) is 3.09. The van der Waals surface area contributed by atoms with Gasteiger partial charge in [-0.05, 0) is 11.4 Å². The van der Waals surface area contributed by atoms with Crippen LogP contribution in [0.15, 0.2) is 58.2 Å². The van der Waals surface area contributed by atoms with E-state index in [2.05, 4.69) is 18.1 Å². The van der Waals surface area contributed by atoms with Gasteiger partial charge in [-0.15, -0.1) is 35.8 Å². The van der Waals surface area contributed by atoms with E-state index in [1.165, 1.54) is 23.1 Å². The molecule has 0 amide bonds. The first-order valence-electron chi connectivity index (χ1n) is 6.66. The van der Waals surface area contributed by atoms with Crippen molar-refractivity contribution in [2.75, 3.05) is 5.75 Å². The molecule has 0 aliphatic rings. The maximum Gasteiger partial charge on any atom is 0.263 e. The Hall–Kier alpha value is -1.63. The van der Waals surface area contributed by atoms with E-state index in [-0.39, 0.29) is 5.56 Å². The van der Waals surface area contributed by atoms with Gasteiger partial charge in [-0.1, -0.05) is 30.0 Å². The van der Waals surface area contributed by atoms with Crippen molar-refractivity contribution < 1.29 is 0 Å². The first kappa shape index (κ1) is 15.3. The molecule has 0 bridgehead atoms. The Morgan fingerprint density at radius 3 is 2.86 bits per heavy atom. The van der Waals surface area contributed by atoms with Crippen LogP contribution in [0.1, 0.15) is 0 Å². The largest absolute Gasteiger partial charge is 0.283 e. The van der Waals surface area contributed by atoms with Crippen LogP contribution in [0.3, 0.4) is 0 Å². The van der Waals surface area contributed by atoms with Crippen molar-refractivity contribution in [2.45, 2.75) is 11.7 Å². The second kappa shape index (κ2) is 6.64. The number of rotatable bonds is 6. The zero-order chi connectivity index (χ0) is 15.5. The van der Waals surface area contributed by atoms with Crippen LogP contribution < -0.4 is 5.56 Å². The van der Waals surface area contributed by atoms with Gasteiger partial charge in [0.05, 0.1) is 5.39 Å². The zero-order valence-electron chi connectivity index (χ0n) is 11.8. The summed E-state index contributed by atoms with van der Waals surface area (Å²) in [4.78, 5) is 19.5. The molecule has 3 heterocycles. The lowest BCUT2D eigenvalue weighted by Crippen LogP contribution is -2.22. The second-order valence-corrected chi connectivity index (χ2v) is 7.30. The van der Waals surface area contributed by atoms with E-state index in [9.17, 15) is 4.79 Å². The highest BCUT2D eigenvalue weighted by Crippen LogP contribution is 2.34. The van der Waals surface area contributed by atoms with Crippen molar-refractivity contribution in [3.05, 3.63) is 58.6 Å². The Morgan fingerprint density at radius 1 is 1.32 bits per heavy atom. The summed E-state index contributed by atoms with van der Waals surface area (Å²) in [5, 5.41) is 5.46. The summed E-state index contributed by atoms with van der Waals surface area (Å²) < 4.78 is 1.69. The van der Waals surface area contributed by atoms with Gasteiger partial charge >= 0.3 is 0 Å². The molecule has 0 aromatic carbocycles. The Kier molecular flexibility index (Phi) is 4.61. The number of thiophene rings is 2. The predicted octanol–water partition coefficient (Wildman–Crippen LogP) is 4.65. The molecule has 0 radical (unpaired) electrons. The fourth-order valence-corrected chi connectivity index (χ4v) is 4.70. The third kappa shape index (κ3) is 2.69. The average Bonchev–Trinajstić information content (AvgIpc) is 3.17. The summed E-state index contributed by atoms with van der Waals surface area (Å²) in [6.07, 6.45) is 3.54. The van der Waals surface area contributed by atoms with Crippen molar-refractivity contribution in [1.29, 1.82) is 0 Å². The number of aromatic nitrogens is 2. The summed E-state index contributed by atoms with van der Waals surface area (Å²) in [5.74, 6) is 0.720. The van der Waals surface area contributed by atoms with E-state index >= 15 is 0 Å². The molecular formula is C16H14N2OS3. The highest BCUT2D eigenvalue weighted by molar-refractivity contribution is 7.99. The Morgan fingerprint density at radius 2 is 2.18 bits per heavy atom. The van der Waals surface area contributed by atoms with Crippen LogP contribution in [-0.4, -0.2) is 15.3 Å². The lowest BCUT2D eigenvalue weighted by molar-refractivity contribution is 0.673. The van der Waals surface area contributed by atoms with Crippen LogP contribution in [0.2, 0.25) is 0 Å². The lowest BCUT2D eigenvalue weighted by atomic mass is 10.2. The normalized spacial score (nSPS) is 10.9. The monoisotopic (exact) mass is 346 g/mol. The molecule has 0 N–H and O–H groups in total. The summed E-state index contributed by atoms with van der Waals surface area (Å²) in [6.45, 7) is 7.93. The number of fused-ring (bicyclic) bond motifs is 1. The van der Waals surface area contributed by atoms with Gasteiger partial charge in [0, 0.05) is 28.1 Å². The van der Waals surface area contributed by atoms with Crippen LogP contribution >= 0.6 is 34.4 Å². The SMILES string of the molecule is C=CCSc1nc2scc(-c3cccs3)c2c(=O)n1CC=C. The molecule has 112 valence electrons. The number of thioether (sulfide) groups is 1. The van der Waals surface area contributed by atoms with Gasteiger partial charge in [-0.25, -0.2) is 4.98 Å². The van der Waals surface area contributed by atoms with Gasteiger partial charge in [-0.2, -0.15) is 0 Å². The van der Waals surface area contributed by atoms with Gasteiger partial charge in [0.25, 0.3) is 5.56 Å². The minimum atomic E-state index is 0.00103. The number of hydrogen-bond acceptors (Lipinski definition) is 5. The molecule has 0 fully saturated rings. The molecule has 22 heavy (non-hydrogen) atoms. The second-order valence-electron chi connectivity index (χ2n) is 4.51. The summed E-state index contributed by atoms with van der Waals surface area (Å²) in [7, 11) is 0. The van der Waals surface area contributed by atoms with Crippen molar-refractivity contribution in [3.8, 4) is 10.4 Å². The Balaban J connectivity index is 2.25. The van der Waals surface area contributed by atoms with E-state index in [0.717, 1.165) is 26.2 Å². The van der Waals surface area contributed by atoms with E-state index < -0.39 is 0 Å². The molecule has 0 spiro atoms. The van der Waals surface area contributed by atoms with Crippen molar-refractivity contribution in [3.63, 3.8) is 0 Å². The maximum absolute atomic E-state index is 12.9. The van der Waals surface area contributed by atoms with Gasteiger partial charge in [-0.3, -0.25) is 9.36 Å². The van der Waals surface area contributed by atoms with Crippen LogP contribution in [-0.2, 0) is 6.54 Å². The van der Waals surface area contributed by atoms with E-state index in [0.29, 0.717) is 11.9 Å². The highest BCUT2D eigenvalue weighted by Gasteiger charge is 2.17. The topological polar surface area (TPSA) is 34.9 Å². The lowest BCUT2D eigenvalue weighted by Gasteiger charge is -2.09. The molecule has 3 nitrogen and oxygen atoms in total. The van der Waals surface area contributed by atoms with E-state index in [1.54, 1.807) is 22.0 Å². The van der Waals surface area contributed by atoms with Gasteiger partial charge in [0.2, 0.25) is 0 Å². The molecule has 0 aliphatic carbocycles. The fraction of sp³-hybridized carbons (Fsp3) is 0.125. The summed E-state index contributed by atoms with van der Waals surface area (Å²) in [5.41, 5.74) is 0.978. The minimum absolute atomic E-state index is 0.00103. The van der Waals surface area contributed by atoms with Gasteiger partial charge < -0.3 is 0 Å². The molecule has 6 heteroatoms. The maximum atomic E-state index is 12.9. The molecule has 0 saturated heterocycles. The molecule has 0 atom stereocenters. The number of nitrogens with zero attached hydrogens (tertiary/aromatic N) is 2. The van der Waals surface area contributed by atoms with E-state index in [1.807, 2.05) is 29.0 Å². The summed E-state index contributed by atoms with van der Waals surface area (Å²) in [6, 6.07) is 4.03. The third-order valence-corrected chi connectivity index (χ3v) is 5.83. The number of allylic oxidation sites excluding steroid dienone is 1. The van der Waals surface area contributed by atoms with Crippen LogP contribution in [0.25, 0.3) is 20.7 Å². The first-order chi connectivity index (χ1) is 10.8. The smallest absolute Gasteiger partial charge is 0.263 e. The van der Waals surface area contributed by atoms with Crippen LogP contribution in [0, 0.1) is 0 Å². The first-order valence-corrected chi connectivity index (χ1v) is 9.41. The van der Waals surface area contributed by atoms with Crippen molar-refractivity contribution in [1.82, 2.24) is 9.55 Å². The van der Waals surface area contributed by atoms with Crippen molar-refractivity contribution in [2.24, 2.45) is 0 Å². The molecular weight excluding hydrogens is 332 g/mol. The Bertz CT molecular complexity index is 875. The van der Waals surface area contributed by atoms with Crippen LogP contribution in [0.5, 0.6) is 0 Å². The fourth-order valence-electron chi connectivity index (χ4n) is 2.15. The average molecular weight is 347 g/mol. The molecule has 3 aromatic rings. The molecule has 3 aromatic heterocycles. The molecule has 0 saturated carbocycles. The Labute approximate surface area is 140 Å². The standard InChI is InChI=1S/C16H14N2OS3/c1-3-7-18-15(19)13-11(12-6-5-9-20-12)10-22-14(13)17-16(18)21-8-4-2/h3-6,9-10H,1-2,7-8H2. The summed E-state index contributed by atoms with van der Waals surface area (Å²) >= 11 is 4.67. The zero-order valence-corrected chi connectivity index (χ0v) is 14.3.